The van der Waals surface area contributed by atoms with Gasteiger partial charge in [0, 0.05) is 23.5 Å². The van der Waals surface area contributed by atoms with Gasteiger partial charge in [0.25, 0.3) is 20.2 Å². The van der Waals surface area contributed by atoms with Crippen LogP contribution in [0.25, 0.3) is 34.2 Å². The third-order valence-electron chi connectivity index (χ3n) is 7.76. The molecule has 20 heteroatoms. The molecule has 0 fully saturated rings. The van der Waals surface area contributed by atoms with Crippen LogP contribution in [0, 0.1) is 0 Å². The fourth-order valence-electron chi connectivity index (χ4n) is 5.37. The number of nitrogens with one attached hydrogen (secondary N) is 4. The molecule has 56 heavy (non-hydrogen) atoms. The fourth-order valence-corrected chi connectivity index (χ4v) is 8.16. The van der Waals surface area contributed by atoms with Gasteiger partial charge in [-0.1, -0.05) is 47.8 Å². The van der Waals surface area contributed by atoms with Gasteiger partial charge in [-0.25, -0.2) is 9.97 Å². The summed E-state index contributed by atoms with van der Waals surface area (Å²) in [4.78, 5) is 39.5. The van der Waals surface area contributed by atoms with E-state index in [2.05, 4.69) is 30.6 Å². The van der Waals surface area contributed by atoms with Crippen molar-refractivity contribution in [2.45, 2.75) is 34.0 Å². The van der Waals surface area contributed by atoms with Gasteiger partial charge in [-0.3, -0.25) is 18.7 Å². The monoisotopic (exact) mass is 838 g/mol. The summed E-state index contributed by atoms with van der Waals surface area (Å²) in [5.74, 6) is 0.229. The van der Waals surface area contributed by atoms with E-state index >= 15 is 0 Å². The van der Waals surface area contributed by atoms with Crippen LogP contribution in [0.15, 0.2) is 92.9 Å². The van der Waals surface area contributed by atoms with E-state index in [0.29, 0.717) is 46.1 Å². The van der Waals surface area contributed by atoms with Crippen LogP contribution in [-0.4, -0.2) is 82.4 Å². The summed E-state index contributed by atoms with van der Waals surface area (Å²) in [5, 5.41) is 6.14. The molecule has 2 aromatic heterocycles. The van der Waals surface area contributed by atoms with E-state index in [9.17, 15) is 35.5 Å². The van der Waals surface area contributed by atoms with Gasteiger partial charge < -0.3 is 30.1 Å². The summed E-state index contributed by atoms with van der Waals surface area (Å²) in [5.41, 5.74) is 2.87. The van der Waals surface area contributed by atoms with Crippen LogP contribution < -0.4 is 20.1 Å². The maximum atomic E-state index is 12.8. The zero-order valence-corrected chi connectivity index (χ0v) is 32.9. The molecule has 292 valence electrons. The molecule has 2 amide bonds. The predicted molar refractivity (Wildman–Crippen MR) is 215 cm³/mol. The number of carbonyl (C=O) groups excluding carboxylic acids is 2. The minimum atomic E-state index is -4.83. The van der Waals surface area contributed by atoms with Crippen molar-refractivity contribution in [3.05, 3.63) is 83.9 Å². The minimum Gasteiger partial charge on any atom is -0.494 e. The lowest BCUT2D eigenvalue weighted by Gasteiger charge is -2.10. The Hall–Kier alpha value is -5.38. The molecule has 16 nitrogen and oxygen atoms in total. The normalized spacial score (nSPS) is 12.0. The second-order valence-electron chi connectivity index (χ2n) is 11.8. The van der Waals surface area contributed by atoms with Gasteiger partial charge >= 0.3 is 0 Å². The highest BCUT2D eigenvalue weighted by Gasteiger charge is 2.19. The van der Waals surface area contributed by atoms with Gasteiger partial charge in [0.05, 0.1) is 46.8 Å². The molecule has 6 aromatic rings. The van der Waals surface area contributed by atoms with Gasteiger partial charge in [0.15, 0.2) is 10.3 Å². The first-order valence-corrected chi connectivity index (χ1v) is 21.5. The number of rotatable bonds is 16. The average molecular weight is 839 g/mol. The molecule has 0 saturated heterocycles. The number of nitrogens with zero attached hydrogens (tertiary/aromatic N) is 2. The van der Waals surface area contributed by atoms with E-state index in [0.717, 1.165) is 46.7 Å². The standard InChI is InChI=1S/C36H34N6O10S4/c1-3-51-25-11-13-27-29(17-25)41-35(39-27)53-19-33(43)37-23-9-7-21(31(15-23)55(45,46)47)5-6-22-8-10-24(16-32(22)56(48,49)50)38-34(44)20-54-36-40-28-14-12-26(52-4-2)18-30(28)42-36/h5-18H,3-4,19-20H2,1-2H3,(H,37,43)(H,38,44)(H,39,41)(H,40,42)(H,45,46,47)(H,48,49,50)/b6-5+. The van der Waals surface area contributed by atoms with Crippen molar-refractivity contribution in [2.24, 2.45) is 0 Å². The van der Waals surface area contributed by atoms with E-state index in [1.807, 2.05) is 13.8 Å². The van der Waals surface area contributed by atoms with E-state index in [4.69, 9.17) is 9.47 Å². The summed E-state index contributed by atoms with van der Waals surface area (Å²) in [7, 11) is -9.67. The number of thioether (sulfide) groups is 2. The van der Waals surface area contributed by atoms with Gasteiger partial charge in [-0.05, 0) is 73.5 Å². The molecule has 0 aliphatic rings. The number of anilines is 2. The summed E-state index contributed by atoms with van der Waals surface area (Å²) in [6.07, 6.45) is 2.43. The second-order valence-corrected chi connectivity index (χ2v) is 16.5. The molecule has 0 bridgehead atoms. The molecule has 0 spiro atoms. The predicted octanol–water partition coefficient (Wildman–Crippen LogP) is 6.36. The van der Waals surface area contributed by atoms with Crippen LogP contribution in [0.2, 0.25) is 0 Å². The zero-order valence-electron chi connectivity index (χ0n) is 29.6. The molecule has 0 saturated carbocycles. The topological polar surface area (TPSA) is 243 Å². The van der Waals surface area contributed by atoms with E-state index in [1.54, 1.807) is 36.4 Å². The number of ether oxygens (including phenoxy) is 2. The van der Waals surface area contributed by atoms with Crippen LogP contribution in [-0.2, 0) is 29.8 Å². The third-order valence-corrected chi connectivity index (χ3v) is 11.3. The van der Waals surface area contributed by atoms with Crippen LogP contribution >= 0.6 is 23.5 Å². The fraction of sp³-hybridized carbons (Fsp3) is 0.167. The van der Waals surface area contributed by atoms with Gasteiger partial charge in [0.2, 0.25) is 11.8 Å². The van der Waals surface area contributed by atoms with Gasteiger partial charge in [-0.2, -0.15) is 16.8 Å². The molecular weight excluding hydrogens is 805 g/mol. The number of aromatic amines is 2. The molecule has 0 atom stereocenters. The molecule has 6 N–H and O–H groups in total. The molecule has 0 unspecified atom stereocenters. The molecule has 2 heterocycles. The first-order valence-electron chi connectivity index (χ1n) is 16.7. The maximum Gasteiger partial charge on any atom is 0.295 e. The molecule has 0 aliphatic carbocycles. The van der Waals surface area contributed by atoms with Crippen LogP contribution in [0.1, 0.15) is 25.0 Å². The lowest BCUT2D eigenvalue weighted by Crippen LogP contribution is -2.15. The Labute approximate surface area is 329 Å². The Morgan fingerprint density at radius 1 is 0.661 bits per heavy atom. The average Bonchev–Trinajstić information content (AvgIpc) is 3.75. The Balaban J connectivity index is 1.11. The summed E-state index contributed by atoms with van der Waals surface area (Å²) < 4.78 is 80.4. The molecule has 6 rings (SSSR count). The Kier molecular flexibility index (Phi) is 12.4. The smallest absolute Gasteiger partial charge is 0.295 e. The molecular formula is C36H34N6O10S4. The van der Waals surface area contributed by atoms with Gasteiger partial charge in [-0.15, -0.1) is 0 Å². The number of hydrogen-bond acceptors (Lipinski definition) is 12. The van der Waals surface area contributed by atoms with Crippen molar-refractivity contribution < 1.29 is 45.0 Å². The van der Waals surface area contributed by atoms with Crippen molar-refractivity contribution in [3.8, 4) is 11.5 Å². The summed E-state index contributed by atoms with van der Waals surface area (Å²) >= 11 is 2.25. The largest absolute Gasteiger partial charge is 0.494 e. The van der Waals surface area contributed by atoms with E-state index in [1.165, 1.54) is 36.4 Å². The first-order chi connectivity index (χ1) is 26.7. The highest BCUT2D eigenvalue weighted by atomic mass is 32.2. The van der Waals surface area contributed by atoms with Gasteiger partial charge in [0.1, 0.15) is 21.3 Å². The lowest BCUT2D eigenvalue weighted by molar-refractivity contribution is -0.114. The number of hydrogen-bond donors (Lipinski definition) is 6. The number of aromatic nitrogens is 4. The Morgan fingerprint density at radius 2 is 1.07 bits per heavy atom. The van der Waals surface area contributed by atoms with Crippen LogP contribution in [0.4, 0.5) is 11.4 Å². The maximum absolute atomic E-state index is 12.8. The highest BCUT2D eigenvalue weighted by molar-refractivity contribution is 8.00. The third kappa shape index (κ3) is 10.3. The number of H-pyrrole nitrogens is 2. The zero-order chi connectivity index (χ0) is 40.0. The van der Waals surface area contributed by atoms with Crippen molar-refractivity contribution >= 4 is 101 Å². The lowest BCUT2D eigenvalue weighted by atomic mass is 10.1. The number of imidazole rings is 2. The van der Waals surface area contributed by atoms with Crippen LogP contribution in [0.3, 0.4) is 0 Å². The Bertz CT molecular complexity index is 2510. The summed E-state index contributed by atoms with van der Waals surface area (Å²) in [6.45, 7) is 4.76. The SMILES string of the molecule is CCOc1ccc2nc(SCC(=O)Nc3ccc(/C=C/c4ccc(NC(=O)CSc5nc6ccc(OCC)cc6[nH]5)cc4S(=O)(=O)O)c(S(=O)(=O)O)c3)[nH]c2c1. The van der Waals surface area contributed by atoms with E-state index < -0.39 is 41.8 Å². The van der Waals surface area contributed by atoms with Crippen LogP contribution in [0.5, 0.6) is 11.5 Å². The van der Waals surface area contributed by atoms with E-state index in [-0.39, 0.29) is 34.0 Å². The van der Waals surface area contributed by atoms with Crippen molar-refractivity contribution in [1.82, 2.24) is 19.9 Å². The van der Waals surface area contributed by atoms with Crippen molar-refractivity contribution in [3.63, 3.8) is 0 Å². The minimum absolute atomic E-state index is 0.0519. The molecule has 0 radical (unpaired) electrons. The first kappa shape index (κ1) is 40.3. The molecule has 4 aromatic carbocycles. The summed E-state index contributed by atoms with van der Waals surface area (Å²) in [6, 6.07) is 18.3. The van der Waals surface area contributed by atoms with Crippen molar-refractivity contribution in [1.29, 1.82) is 0 Å². The second kappa shape index (κ2) is 17.2. The van der Waals surface area contributed by atoms with Crippen molar-refractivity contribution in [2.75, 3.05) is 35.4 Å². The highest BCUT2D eigenvalue weighted by Crippen LogP contribution is 2.28. The number of carbonyl (C=O) groups is 2. The quantitative estimate of drug-likeness (QED) is 0.0353. The Morgan fingerprint density at radius 3 is 1.45 bits per heavy atom. The molecule has 0 aliphatic heterocycles. The number of amides is 2. The number of fused-ring (bicyclic) bond motifs is 2. The number of benzene rings is 4.